The van der Waals surface area contributed by atoms with Gasteiger partial charge in [0.15, 0.2) is 0 Å². The van der Waals surface area contributed by atoms with E-state index in [0.29, 0.717) is 12.1 Å². The topological polar surface area (TPSA) is 81.4 Å². The summed E-state index contributed by atoms with van der Waals surface area (Å²) in [6.07, 6.45) is 8.29. The summed E-state index contributed by atoms with van der Waals surface area (Å²) >= 11 is 0. The highest BCUT2D eigenvalue weighted by Gasteiger charge is 2.21. The van der Waals surface area contributed by atoms with E-state index in [1.807, 2.05) is 6.20 Å². The molecule has 2 aromatic heterocycles. The first kappa shape index (κ1) is 20.7. The molecular formula is C28H26N6. The van der Waals surface area contributed by atoms with Crippen LogP contribution >= 0.6 is 0 Å². The number of hydrogen-bond donors (Lipinski definition) is 4. The van der Waals surface area contributed by atoms with E-state index in [4.69, 9.17) is 0 Å². The van der Waals surface area contributed by atoms with Gasteiger partial charge in [-0.05, 0) is 73.4 Å². The third-order valence-electron chi connectivity index (χ3n) is 6.63. The van der Waals surface area contributed by atoms with E-state index in [9.17, 15) is 0 Å². The minimum Gasteiger partial charge on any atom is -0.341 e. The number of rotatable bonds is 3. The van der Waals surface area contributed by atoms with Crippen LogP contribution in [0.5, 0.6) is 0 Å². The van der Waals surface area contributed by atoms with E-state index in [0.717, 1.165) is 65.5 Å². The number of hydrogen-bond acceptors (Lipinski definition) is 4. The van der Waals surface area contributed by atoms with Gasteiger partial charge in [0.05, 0.1) is 30.2 Å². The molecule has 6 heteroatoms. The van der Waals surface area contributed by atoms with Gasteiger partial charge in [0.2, 0.25) is 0 Å². The van der Waals surface area contributed by atoms with E-state index in [1.54, 1.807) is 6.20 Å². The molecular weight excluding hydrogens is 420 g/mol. The Bertz CT molecular complexity index is 1440. The Morgan fingerprint density at radius 3 is 2.29 bits per heavy atom. The first-order chi connectivity index (χ1) is 16.8. The van der Waals surface area contributed by atoms with Crippen LogP contribution in [-0.4, -0.2) is 33.0 Å². The molecule has 2 atom stereocenters. The van der Waals surface area contributed by atoms with Crippen molar-refractivity contribution in [2.75, 3.05) is 13.1 Å². The van der Waals surface area contributed by atoms with Gasteiger partial charge in [-0.2, -0.15) is 0 Å². The second kappa shape index (κ2) is 9.19. The third-order valence-corrected chi connectivity index (χ3v) is 6.63. The lowest BCUT2D eigenvalue weighted by atomic mass is 9.97. The minimum absolute atomic E-state index is 0.294. The summed E-state index contributed by atoms with van der Waals surface area (Å²) in [6, 6.07) is 13.2. The minimum atomic E-state index is 0.294. The van der Waals surface area contributed by atoms with Gasteiger partial charge in [-0.1, -0.05) is 36.3 Å². The van der Waals surface area contributed by atoms with E-state index < -0.39 is 0 Å². The Hall–Kier alpha value is -3.84. The second-order valence-corrected chi connectivity index (χ2v) is 8.87. The average molecular weight is 447 g/mol. The van der Waals surface area contributed by atoms with Gasteiger partial charge in [-0.3, -0.25) is 0 Å². The summed E-state index contributed by atoms with van der Waals surface area (Å²) in [7, 11) is 0. The van der Waals surface area contributed by atoms with Crippen molar-refractivity contribution >= 4 is 10.8 Å². The van der Waals surface area contributed by atoms with Crippen molar-refractivity contribution in [1.82, 2.24) is 30.6 Å². The monoisotopic (exact) mass is 446 g/mol. The van der Waals surface area contributed by atoms with Crippen LogP contribution in [0.15, 0.2) is 48.8 Å². The Morgan fingerprint density at radius 2 is 1.50 bits per heavy atom. The molecule has 0 radical (unpaired) electrons. The quantitative estimate of drug-likeness (QED) is 0.356. The Labute approximate surface area is 199 Å². The molecule has 4 N–H and O–H groups in total. The fourth-order valence-electron chi connectivity index (χ4n) is 4.92. The number of fused-ring (bicyclic) bond motifs is 1. The molecule has 4 heterocycles. The largest absolute Gasteiger partial charge is 0.341 e. The van der Waals surface area contributed by atoms with Gasteiger partial charge in [-0.15, -0.1) is 0 Å². The highest BCUT2D eigenvalue weighted by molar-refractivity contribution is 5.98. The zero-order chi connectivity index (χ0) is 22.7. The van der Waals surface area contributed by atoms with Crippen molar-refractivity contribution < 1.29 is 0 Å². The molecule has 4 aromatic rings. The number of aromatic nitrogens is 4. The summed E-state index contributed by atoms with van der Waals surface area (Å²) in [5.41, 5.74) is 3.78. The van der Waals surface area contributed by atoms with Crippen LogP contribution in [-0.2, 0) is 0 Å². The molecule has 0 saturated carbocycles. The van der Waals surface area contributed by atoms with Crippen LogP contribution < -0.4 is 10.6 Å². The lowest BCUT2D eigenvalue weighted by molar-refractivity contribution is 0.612. The molecule has 0 bridgehead atoms. The molecule has 0 amide bonds. The summed E-state index contributed by atoms with van der Waals surface area (Å²) in [5.74, 6) is 14.4. The lowest BCUT2D eigenvalue weighted by Gasteiger charge is -2.09. The van der Waals surface area contributed by atoms with Crippen LogP contribution in [0, 0.1) is 23.7 Å². The maximum atomic E-state index is 4.68. The van der Waals surface area contributed by atoms with Gasteiger partial charge in [0, 0.05) is 11.1 Å². The molecule has 0 spiro atoms. The van der Waals surface area contributed by atoms with E-state index in [-0.39, 0.29) is 0 Å². The predicted octanol–water partition coefficient (Wildman–Crippen LogP) is 4.21. The number of imidazole rings is 2. The molecule has 34 heavy (non-hydrogen) atoms. The van der Waals surface area contributed by atoms with Gasteiger partial charge in [0.1, 0.15) is 17.3 Å². The molecule has 2 aromatic carbocycles. The molecule has 2 aliphatic rings. The van der Waals surface area contributed by atoms with Crippen molar-refractivity contribution in [3.63, 3.8) is 0 Å². The number of benzene rings is 2. The number of aromatic amines is 2. The number of nitrogens with one attached hydrogen (secondary N) is 4. The Morgan fingerprint density at radius 1 is 0.765 bits per heavy atom. The molecule has 6 nitrogen and oxygen atoms in total. The van der Waals surface area contributed by atoms with Crippen molar-refractivity contribution in [2.24, 2.45) is 0 Å². The van der Waals surface area contributed by atoms with Gasteiger partial charge >= 0.3 is 0 Å². The normalized spacial score (nSPS) is 19.5. The van der Waals surface area contributed by atoms with Crippen LogP contribution in [0.1, 0.15) is 60.7 Å². The first-order valence-corrected chi connectivity index (χ1v) is 12.0. The number of H-pyrrole nitrogens is 2. The van der Waals surface area contributed by atoms with Crippen molar-refractivity contribution in [2.45, 2.75) is 37.8 Å². The first-order valence-electron chi connectivity index (χ1n) is 12.0. The Kier molecular flexibility index (Phi) is 5.61. The molecule has 1 unspecified atom stereocenters. The predicted molar refractivity (Wildman–Crippen MR) is 134 cm³/mol. The highest BCUT2D eigenvalue weighted by Crippen LogP contribution is 2.32. The van der Waals surface area contributed by atoms with Crippen LogP contribution in [0.25, 0.3) is 22.0 Å². The molecule has 168 valence electrons. The second-order valence-electron chi connectivity index (χ2n) is 8.87. The zero-order valence-electron chi connectivity index (χ0n) is 18.9. The standard InChI is InChI=1S/C28H26N6/c1(3-9-21-17-31-27(33-21)23-11-5-15-29-23)8-20-14-13-19-7-2-4-10-22(19)26(20)25-18-32-28(34-25)24-12-6-16-30-24/h2,4,7,10,13-14,17-18,23-24,29-30H,5-6,11-12,15-16H2,(H,31,33)(H,32,34)/t23-,24?/m0/s1. The van der Waals surface area contributed by atoms with Crippen LogP contribution in [0.2, 0.25) is 0 Å². The van der Waals surface area contributed by atoms with E-state index in [2.05, 4.69) is 90.6 Å². The number of nitrogens with zero attached hydrogens (tertiary/aromatic N) is 2. The Balaban J connectivity index is 1.32. The summed E-state index contributed by atoms with van der Waals surface area (Å²) < 4.78 is 0. The summed E-state index contributed by atoms with van der Waals surface area (Å²) in [6.45, 7) is 2.08. The summed E-state index contributed by atoms with van der Waals surface area (Å²) in [5, 5.41) is 9.29. The smallest absolute Gasteiger partial charge is 0.124 e. The van der Waals surface area contributed by atoms with E-state index >= 15 is 0 Å². The van der Waals surface area contributed by atoms with Crippen molar-refractivity contribution in [3.8, 4) is 34.9 Å². The van der Waals surface area contributed by atoms with Crippen LogP contribution in [0.4, 0.5) is 0 Å². The fraction of sp³-hybridized carbons (Fsp3) is 0.286. The fourth-order valence-corrected chi connectivity index (χ4v) is 4.92. The third kappa shape index (κ3) is 4.10. The van der Waals surface area contributed by atoms with Crippen molar-refractivity contribution in [3.05, 3.63) is 71.7 Å². The van der Waals surface area contributed by atoms with Gasteiger partial charge in [-0.25, -0.2) is 9.97 Å². The molecule has 2 fully saturated rings. The zero-order valence-corrected chi connectivity index (χ0v) is 18.9. The van der Waals surface area contributed by atoms with Gasteiger partial charge in [0.25, 0.3) is 0 Å². The van der Waals surface area contributed by atoms with Gasteiger partial charge < -0.3 is 20.6 Å². The SMILES string of the molecule is C(C#Cc1ccc2ccccc2c1-c1cnc(C2CCCN2)[nH]1)#Cc1cnc([C@@H]2CCCN2)[nH]1. The van der Waals surface area contributed by atoms with E-state index in [1.165, 1.54) is 18.2 Å². The highest BCUT2D eigenvalue weighted by atomic mass is 15.0. The maximum absolute atomic E-state index is 4.68. The summed E-state index contributed by atoms with van der Waals surface area (Å²) in [4.78, 5) is 16.0. The molecule has 2 saturated heterocycles. The molecule has 2 aliphatic heterocycles. The lowest BCUT2D eigenvalue weighted by Crippen LogP contribution is -2.14. The van der Waals surface area contributed by atoms with Crippen molar-refractivity contribution in [1.29, 1.82) is 0 Å². The molecule has 6 rings (SSSR count). The van der Waals surface area contributed by atoms with Crippen LogP contribution in [0.3, 0.4) is 0 Å². The average Bonchev–Trinajstić information content (AvgIpc) is 3.68. The molecule has 0 aliphatic carbocycles. The maximum Gasteiger partial charge on any atom is 0.124 e.